The zero-order chi connectivity index (χ0) is 37.5. The van der Waals surface area contributed by atoms with Gasteiger partial charge >= 0.3 is 7.12 Å². The third-order valence-electron chi connectivity index (χ3n) is 7.99. The summed E-state index contributed by atoms with van der Waals surface area (Å²) in [5, 5.41) is 34.6. The molecular formula is C35H41BN4O9S2. The van der Waals surface area contributed by atoms with Gasteiger partial charge in [-0.25, -0.2) is 13.1 Å². The predicted octanol–water partition coefficient (Wildman–Crippen LogP) is 2.20. The molecule has 3 aromatic carbocycles. The summed E-state index contributed by atoms with van der Waals surface area (Å²) in [4.78, 5) is 15.8. The van der Waals surface area contributed by atoms with Gasteiger partial charge in [0.1, 0.15) is 4.90 Å². The molecule has 0 saturated heterocycles. The summed E-state index contributed by atoms with van der Waals surface area (Å²) in [7, 11) is -11.1. The lowest BCUT2D eigenvalue weighted by Gasteiger charge is -2.20. The summed E-state index contributed by atoms with van der Waals surface area (Å²) < 4.78 is 65.1. The molecule has 0 fully saturated rings. The van der Waals surface area contributed by atoms with Gasteiger partial charge in [-0.15, -0.1) is 0 Å². The van der Waals surface area contributed by atoms with E-state index in [0.717, 1.165) is 28.6 Å². The molecular weight excluding hydrogens is 695 g/mol. The van der Waals surface area contributed by atoms with E-state index in [2.05, 4.69) is 20.3 Å². The van der Waals surface area contributed by atoms with Crippen molar-refractivity contribution in [3.05, 3.63) is 112 Å². The van der Waals surface area contributed by atoms with Crippen molar-refractivity contribution in [1.82, 2.24) is 10.0 Å². The molecule has 0 saturated carbocycles. The Balaban J connectivity index is 1.66. The molecule has 0 heterocycles. The number of carbonyl (C=O) groups excluding carboxylic acids is 1. The molecule has 270 valence electrons. The molecule has 0 bridgehead atoms. The summed E-state index contributed by atoms with van der Waals surface area (Å²) in [5.41, 5.74) is 5.46. The second-order valence-corrected chi connectivity index (χ2v) is 14.9. The summed E-state index contributed by atoms with van der Waals surface area (Å²) in [5.74, 6) is -0.590. The maximum Gasteiger partial charge on any atom is 0.488 e. The molecule has 4 rings (SSSR count). The number of carbonyl (C=O) groups is 1. The Morgan fingerprint density at radius 1 is 0.902 bits per heavy atom. The molecule has 0 aromatic heterocycles. The van der Waals surface area contributed by atoms with Gasteiger partial charge in [-0.2, -0.15) is 8.42 Å². The van der Waals surface area contributed by atoms with Crippen LogP contribution in [0.4, 0.5) is 5.69 Å². The first kappa shape index (κ1) is 39.4. The number of amides is 1. The van der Waals surface area contributed by atoms with Crippen LogP contribution in [0, 0.1) is 6.92 Å². The van der Waals surface area contributed by atoms with Gasteiger partial charge in [0.25, 0.3) is 16.0 Å². The molecule has 3 aromatic rings. The number of aliphatic hydroxyl groups excluding tert-OH is 1. The van der Waals surface area contributed by atoms with Crippen LogP contribution < -0.4 is 20.8 Å². The van der Waals surface area contributed by atoms with Crippen LogP contribution in [0.25, 0.3) is 5.57 Å². The lowest BCUT2D eigenvalue weighted by Crippen LogP contribution is -2.40. The topological polar surface area (TPSA) is 215 Å². The van der Waals surface area contributed by atoms with Gasteiger partial charge < -0.3 is 25.8 Å². The van der Waals surface area contributed by atoms with Crippen LogP contribution in [0.2, 0.25) is 0 Å². The van der Waals surface area contributed by atoms with Crippen LogP contribution >= 0.6 is 0 Å². The Hall–Kier alpha value is -4.42. The summed E-state index contributed by atoms with van der Waals surface area (Å²) >= 11 is 0. The second-order valence-electron chi connectivity index (χ2n) is 11.8. The molecule has 51 heavy (non-hydrogen) atoms. The normalized spacial score (nSPS) is 15.7. The van der Waals surface area contributed by atoms with E-state index in [-0.39, 0.29) is 23.1 Å². The zero-order valence-electron chi connectivity index (χ0n) is 28.6. The van der Waals surface area contributed by atoms with Crippen molar-refractivity contribution < 1.29 is 41.3 Å². The van der Waals surface area contributed by atoms with E-state index in [1.165, 1.54) is 36.4 Å². The second kappa shape index (κ2) is 16.7. The minimum Gasteiger partial charge on any atom is -0.423 e. The van der Waals surface area contributed by atoms with E-state index in [1.54, 1.807) is 6.08 Å². The van der Waals surface area contributed by atoms with E-state index in [0.29, 0.717) is 29.8 Å². The maximum atomic E-state index is 13.3. The van der Waals surface area contributed by atoms with Gasteiger partial charge in [0.2, 0.25) is 10.0 Å². The summed E-state index contributed by atoms with van der Waals surface area (Å²) in [6.45, 7) is 8.04. The summed E-state index contributed by atoms with van der Waals surface area (Å²) in [6.07, 6.45) is 4.09. The Labute approximate surface area is 298 Å². The molecule has 1 unspecified atom stereocenters. The van der Waals surface area contributed by atoms with Gasteiger partial charge in [-0.3, -0.25) is 14.3 Å². The number of aliphatic hydroxyl groups is 1. The number of aryl methyl sites for hydroxylation is 1. The van der Waals surface area contributed by atoms with Gasteiger partial charge in [0.05, 0.1) is 16.7 Å². The lowest BCUT2D eigenvalue weighted by molar-refractivity contribution is 0.0918. The van der Waals surface area contributed by atoms with Crippen molar-refractivity contribution in [2.24, 2.45) is 4.99 Å². The first-order valence-electron chi connectivity index (χ1n) is 16.1. The first-order chi connectivity index (χ1) is 24.0. The van der Waals surface area contributed by atoms with Crippen LogP contribution in [-0.4, -0.2) is 87.6 Å². The number of allylic oxidation sites excluding steroid dienone is 5. The Morgan fingerprint density at radius 3 is 2.18 bits per heavy atom. The lowest BCUT2D eigenvalue weighted by atomic mass is 9.80. The highest BCUT2D eigenvalue weighted by atomic mass is 32.2. The van der Waals surface area contributed by atoms with E-state index >= 15 is 0 Å². The quantitative estimate of drug-likeness (QED) is 0.0947. The number of hydrogen-bond donors (Lipinski definition) is 7. The Bertz CT molecular complexity index is 2130. The van der Waals surface area contributed by atoms with E-state index in [9.17, 15) is 41.3 Å². The van der Waals surface area contributed by atoms with Gasteiger partial charge in [0, 0.05) is 43.0 Å². The number of nitrogens with one attached hydrogen (secondary N) is 3. The molecule has 0 radical (unpaired) electrons. The average molecular weight is 737 g/mol. The van der Waals surface area contributed by atoms with Gasteiger partial charge in [-0.05, 0) is 110 Å². The fourth-order valence-electron chi connectivity index (χ4n) is 5.41. The highest BCUT2D eigenvalue weighted by molar-refractivity contribution is 7.89. The van der Waals surface area contributed by atoms with Crippen molar-refractivity contribution in [1.29, 1.82) is 0 Å². The minimum atomic E-state index is -4.98. The van der Waals surface area contributed by atoms with Crippen molar-refractivity contribution in [3.63, 3.8) is 0 Å². The number of anilines is 1. The molecule has 0 spiro atoms. The highest BCUT2D eigenvalue weighted by Gasteiger charge is 2.26. The number of benzene rings is 3. The van der Waals surface area contributed by atoms with Crippen LogP contribution in [0.15, 0.2) is 105 Å². The first-order valence-corrected chi connectivity index (χ1v) is 19.0. The molecule has 1 amide bonds. The maximum absolute atomic E-state index is 13.3. The Morgan fingerprint density at radius 2 is 1.59 bits per heavy atom. The number of nitrogens with zero attached hydrogens (tertiary/aromatic N) is 1. The van der Waals surface area contributed by atoms with Gasteiger partial charge in [-0.1, -0.05) is 30.3 Å². The monoisotopic (exact) mass is 736 g/mol. The van der Waals surface area contributed by atoms with Crippen LogP contribution in [-0.2, 0) is 20.1 Å². The number of hydrogen-bond acceptors (Lipinski definition) is 10. The molecule has 7 N–H and O–H groups in total. The third-order valence-corrected chi connectivity index (χ3v) is 10.3. The molecule has 1 aliphatic rings. The third kappa shape index (κ3) is 9.89. The molecule has 13 nitrogen and oxygen atoms in total. The largest absolute Gasteiger partial charge is 0.488 e. The molecule has 16 heteroatoms. The van der Waals surface area contributed by atoms with Crippen molar-refractivity contribution in [3.8, 4) is 0 Å². The smallest absolute Gasteiger partial charge is 0.423 e. The standard InChI is InChI=1S/C35H41BN4O9S2/c1-5-37-31-15-9-25(17-22(31)3)34(26-10-16-32(38-6-2)23(4)18-26)30-14-13-29(19-33(30)51(47,48)49)50(45,46)40-21-28(41)20-39-35(42)24-7-11-27(12-8-24)36(43)44/h7-19,28,37,40-41,43-44H,5-6,20-21H2,1-4H3,(H,39,42)(H,47,48,49). The number of rotatable bonds is 14. The van der Waals surface area contributed by atoms with E-state index in [4.69, 9.17) is 0 Å². The SMILES string of the molecule is CCN=C1C=CC(=C(c2ccc(NCC)c(C)c2)c2ccc(S(=O)(=O)NCC(O)CNC(=O)c3ccc(B(O)O)cc3)cc2S(=O)(=O)O)C=C1C. The minimum absolute atomic E-state index is 0.0657. The van der Waals surface area contributed by atoms with E-state index in [1.807, 2.05) is 58.0 Å². The molecule has 1 aliphatic carbocycles. The van der Waals surface area contributed by atoms with Crippen LogP contribution in [0.1, 0.15) is 47.8 Å². The predicted molar refractivity (Wildman–Crippen MR) is 198 cm³/mol. The van der Waals surface area contributed by atoms with Gasteiger partial charge in [0.15, 0.2) is 0 Å². The summed E-state index contributed by atoms with van der Waals surface area (Å²) in [6, 6.07) is 14.4. The fourth-order valence-corrected chi connectivity index (χ4v) is 7.31. The van der Waals surface area contributed by atoms with Crippen molar-refractivity contribution >= 4 is 55.6 Å². The van der Waals surface area contributed by atoms with Crippen molar-refractivity contribution in [2.45, 2.75) is 43.6 Å². The van der Waals surface area contributed by atoms with Crippen LogP contribution in [0.3, 0.4) is 0 Å². The average Bonchev–Trinajstić information content (AvgIpc) is 3.08. The molecule has 0 aliphatic heterocycles. The van der Waals surface area contributed by atoms with Crippen molar-refractivity contribution in [2.75, 3.05) is 31.5 Å². The highest BCUT2D eigenvalue weighted by Crippen LogP contribution is 2.37. The van der Waals surface area contributed by atoms with Crippen LogP contribution in [0.5, 0.6) is 0 Å². The van der Waals surface area contributed by atoms with E-state index < -0.39 is 55.6 Å². The number of sulfonamides is 1. The zero-order valence-corrected chi connectivity index (χ0v) is 30.2. The number of aliphatic imine (C=N–C) groups is 1. The Kier molecular flexibility index (Phi) is 12.9. The molecule has 1 atom stereocenters. The fraction of sp³-hybridized carbons (Fsp3) is 0.257.